The fraction of sp³-hybridized carbons (Fsp3) is 0.769. The van der Waals surface area contributed by atoms with Crippen molar-refractivity contribution >= 4 is 12.4 Å². The maximum atomic E-state index is 10.5. The van der Waals surface area contributed by atoms with E-state index in [1.807, 2.05) is 0 Å². The van der Waals surface area contributed by atoms with Crippen molar-refractivity contribution in [1.82, 2.24) is 4.90 Å². The quantitative estimate of drug-likeness (QED) is 0.609. The summed E-state index contributed by atoms with van der Waals surface area (Å²) in [5, 5.41) is 10.5. The molecule has 0 spiro atoms. The van der Waals surface area contributed by atoms with E-state index >= 15 is 0 Å². The number of hydrogen-bond acceptors (Lipinski definition) is 3. The van der Waals surface area contributed by atoms with E-state index in [1.165, 1.54) is 70.6 Å². The van der Waals surface area contributed by atoms with Crippen molar-refractivity contribution in [1.29, 1.82) is 0 Å². The molecule has 1 aromatic carbocycles. The van der Waals surface area contributed by atoms with Crippen LogP contribution in [0.15, 0.2) is 24.3 Å². The highest BCUT2D eigenvalue weighted by molar-refractivity contribution is 5.85. The van der Waals surface area contributed by atoms with Crippen LogP contribution in [0, 0.1) is 17.8 Å². The molecule has 1 aromatic rings. The van der Waals surface area contributed by atoms with Crippen LogP contribution in [0.1, 0.15) is 76.2 Å². The minimum Gasteiger partial charge on any atom is -0.491 e. The van der Waals surface area contributed by atoms with Gasteiger partial charge in [-0.25, -0.2) is 0 Å². The Morgan fingerprint density at radius 3 is 2.10 bits per heavy atom. The van der Waals surface area contributed by atoms with Crippen molar-refractivity contribution in [2.75, 3.05) is 20.2 Å². The van der Waals surface area contributed by atoms with Gasteiger partial charge in [0.15, 0.2) is 0 Å². The Balaban J connectivity index is 0.00000218. The first kappa shape index (κ1) is 22.4. The van der Waals surface area contributed by atoms with E-state index in [2.05, 4.69) is 36.2 Å². The van der Waals surface area contributed by atoms with E-state index in [4.69, 9.17) is 4.74 Å². The molecule has 30 heavy (non-hydrogen) atoms. The zero-order valence-corrected chi connectivity index (χ0v) is 19.4. The minimum absolute atomic E-state index is 0. The molecule has 1 unspecified atom stereocenters. The number of rotatable bonds is 7. The van der Waals surface area contributed by atoms with Crippen molar-refractivity contribution in [3.05, 3.63) is 29.8 Å². The summed E-state index contributed by atoms with van der Waals surface area (Å²) < 4.78 is 5.95. The lowest BCUT2D eigenvalue weighted by atomic mass is 9.48. The molecule has 1 N–H and O–H groups in total. The van der Waals surface area contributed by atoms with Gasteiger partial charge < -0.3 is 14.7 Å². The van der Waals surface area contributed by atoms with Gasteiger partial charge in [0.25, 0.3) is 0 Å². The summed E-state index contributed by atoms with van der Waals surface area (Å²) >= 11 is 0. The average molecular weight is 434 g/mol. The predicted octanol–water partition coefficient (Wildman–Crippen LogP) is 5.58. The number of aliphatic hydroxyl groups excluding tert-OH is 1. The fourth-order valence-electron chi connectivity index (χ4n) is 7.62. The summed E-state index contributed by atoms with van der Waals surface area (Å²) in [5.41, 5.74) is 2.00. The van der Waals surface area contributed by atoms with Crippen molar-refractivity contribution in [3.63, 3.8) is 0 Å². The third-order valence-corrected chi connectivity index (χ3v) is 8.64. The Hall–Kier alpha value is -0.770. The van der Waals surface area contributed by atoms with E-state index < -0.39 is 6.10 Å². The normalized spacial score (nSPS) is 34.0. The number of likely N-dealkylation sites (N-methyl/N-ethyl adjacent to an activating group) is 1. The second-order valence-corrected chi connectivity index (χ2v) is 10.9. The molecule has 6 rings (SSSR count). The maximum Gasteiger partial charge on any atom is 0.119 e. The van der Waals surface area contributed by atoms with Crippen LogP contribution in [-0.2, 0) is 5.41 Å². The van der Waals surface area contributed by atoms with Gasteiger partial charge >= 0.3 is 0 Å². The van der Waals surface area contributed by atoms with Gasteiger partial charge in [0.2, 0.25) is 0 Å². The summed E-state index contributed by atoms with van der Waals surface area (Å²) in [6, 6.07) is 9.57. The molecular formula is C26H40ClNO2. The Bertz CT molecular complexity index is 649. The highest BCUT2D eigenvalue weighted by Gasteiger charge is 2.51. The van der Waals surface area contributed by atoms with Gasteiger partial charge in [0, 0.05) is 12.6 Å². The van der Waals surface area contributed by atoms with Crippen LogP contribution < -0.4 is 4.74 Å². The topological polar surface area (TPSA) is 32.7 Å². The monoisotopic (exact) mass is 433 g/mol. The van der Waals surface area contributed by atoms with Crippen LogP contribution in [0.2, 0.25) is 0 Å². The van der Waals surface area contributed by atoms with Crippen molar-refractivity contribution in [3.8, 4) is 5.75 Å². The second kappa shape index (κ2) is 9.38. The van der Waals surface area contributed by atoms with E-state index in [1.54, 1.807) is 5.56 Å². The first-order valence-corrected chi connectivity index (χ1v) is 12.2. The molecule has 4 heteroatoms. The predicted molar refractivity (Wildman–Crippen MR) is 125 cm³/mol. The summed E-state index contributed by atoms with van der Waals surface area (Å²) in [4.78, 5) is 2.34. The standard InChI is InChI=1S/C26H39NO2.ClH/c1-27(23-5-3-2-4-6-23)17-24(28)18-29-25-9-7-22(8-10-25)26-14-19-11-20(15-26)13-21(12-19)16-26;/h7-10,19-21,23-24,28H,2-6,11-18H2,1H3;1H. The van der Waals surface area contributed by atoms with Crippen molar-refractivity contribution < 1.29 is 9.84 Å². The van der Waals surface area contributed by atoms with E-state index in [0.717, 1.165) is 23.5 Å². The molecule has 5 fully saturated rings. The molecule has 4 bridgehead atoms. The molecule has 0 saturated heterocycles. The highest BCUT2D eigenvalue weighted by Crippen LogP contribution is 2.60. The van der Waals surface area contributed by atoms with Crippen LogP contribution in [-0.4, -0.2) is 42.4 Å². The van der Waals surface area contributed by atoms with Gasteiger partial charge in [-0.3, -0.25) is 0 Å². The summed E-state index contributed by atoms with van der Waals surface area (Å²) in [7, 11) is 2.15. The lowest BCUT2D eigenvalue weighted by molar-refractivity contribution is -0.00522. The molecule has 5 aliphatic rings. The lowest BCUT2D eigenvalue weighted by Crippen LogP contribution is -2.48. The Morgan fingerprint density at radius 1 is 0.967 bits per heavy atom. The van der Waals surface area contributed by atoms with Gasteiger partial charge in [-0.1, -0.05) is 31.4 Å². The average Bonchev–Trinajstić information content (AvgIpc) is 2.72. The second-order valence-electron chi connectivity index (χ2n) is 10.9. The van der Waals surface area contributed by atoms with Crippen LogP contribution in [0.3, 0.4) is 0 Å². The maximum absolute atomic E-state index is 10.5. The number of halogens is 1. The highest BCUT2D eigenvalue weighted by atomic mass is 35.5. The van der Waals surface area contributed by atoms with Gasteiger partial charge in [0.05, 0.1) is 0 Å². The molecule has 5 saturated carbocycles. The van der Waals surface area contributed by atoms with E-state index in [-0.39, 0.29) is 12.4 Å². The molecule has 1 atom stereocenters. The SMILES string of the molecule is CN(CC(O)COc1ccc(C23CC4CC(CC(C4)C2)C3)cc1)C1CCCCC1.Cl. The third kappa shape index (κ3) is 4.69. The zero-order chi connectivity index (χ0) is 19.8. The zero-order valence-electron chi connectivity index (χ0n) is 18.6. The largest absolute Gasteiger partial charge is 0.491 e. The number of ether oxygens (including phenoxy) is 1. The van der Waals surface area contributed by atoms with Crippen molar-refractivity contribution in [2.45, 2.75) is 88.2 Å². The fourth-order valence-corrected chi connectivity index (χ4v) is 7.62. The summed E-state index contributed by atoms with van der Waals surface area (Å²) in [5.74, 6) is 3.84. The number of nitrogens with zero attached hydrogens (tertiary/aromatic N) is 1. The van der Waals surface area contributed by atoms with Gasteiger partial charge in [-0.15, -0.1) is 12.4 Å². The van der Waals surface area contributed by atoms with Crippen LogP contribution in [0.5, 0.6) is 5.75 Å². The van der Waals surface area contributed by atoms with Gasteiger partial charge in [-0.2, -0.15) is 0 Å². The Labute approximate surface area is 189 Å². The van der Waals surface area contributed by atoms with Crippen LogP contribution in [0.25, 0.3) is 0 Å². The number of hydrogen-bond donors (Lipinski definition) is 1. The molecule has 0 radical (unpaired) electrons. The minimum atomic E-state index is -0.426. The number of aliphatic hydroxyl groups is 1. The lowest BCUT2D eigenvalue weighted by Gasteiger charge is -2.57. The van der Waals surface area contributed by atoms with Crippen molar-refractivity contribution in [2.24, 2.45) is 17.8 Å². The first-order chi connectivity index (χ1) is 14.1. The van der Waals surface area contributed by atoms with E-state index in [9.17, 15) is 5.11 Å². The van der Waals surface area contributed by atoms with Gasteiger partial charge in [0.1, 0.15) is 18.5 Å². The van der Waals surface area contributed by atoms with E-state index in [0.29, 0.717) is 24.6 Å². The molecule has 0 amide bonds. The third-order valence-electron chi connectivity index (χ3n) is 8.64. The van der Waals surface area contributed by atoms with Gasteiger partial charge in [-0.05, 0) is 99.3 Å². The molecule has 0 aliphatic heterocycles. The Kier molecular flexibility index (Phi) is 7.01. The molecule has 3 nitrogen and oxygen atoms in total. The molecule has 168 valence electrons. The van der Waals surface area contributed by atoms with Crippen LogP contribution in [0.4, 0.5) is 0 Å². The van der Waals surface area contributed by atoms with Crippen LogP contribution >= 0.6 is 12.4 Å². The molecule has 5 aliphatic carbocycles. The molecule has 0 aromatic heterocycles. The Morgan fingerprint density at radius 2 is 1.53 bits per heavy atom. The molecular weight excluding hydrogens is 394 g/mol. The summed E-state index contributed by atoms with van der Waals surface area (Å²) in [6.45, 7) is 1.09. The number of benzene rings is 1. The molecule has 0 heterocycles. The summed E-state index contributed by atoms with van der Waals surface area (Å²) in [6.07, 6.45) is 14.9. The smallest absolute Gasteiger partial charge is 0.119 e. The first-order valence-electron chi connectivity index (χ1n) is 12.2.